The molecule has 0 aromatic heterocycles. The van der Waals surface area contributed by atoms with Crippen LogP contribution in [0.25, 0.3) is 0 Å². The monoisotopic (exact) mass is 437 g/mol. The van der Waals surface area contributed by atoms with Crippen molar-refractivity contribution in [2.24, 2.45) is 5.92 Å². The minimum absolute atomic E-state index is 0.00924. The Hall–Kier alpha value is -3.35. The Bertz CT molecular complexity index is 954. The molecule has 7 heteroatoms. The molecule has 2 aromatic carbocycles. The summed E-state index contributed by atoms with van der Waals surface area (Å²) in [5.41, 5.74) is 6.94. The van der Waals surface area contributed by atoms with Crippen LogP contribution in [0.1, 0.15) is 68.3 Å². The smallest absolute Gasteiger partial charge is 0.279 e. The van der Waals surface area contributed by atoms with Crippen molar-refractivity contribution < 1.29 is 19.1 Å². The van der Waals surface area contributed by atoms with Gasteiger partial charge in [0.25, 0.3) is 11.8 Å². The van der Waals surface area contributed by atoms with Crippen LogP contribution >= 0.6 is 0 Å². The Kier molecular flexibility index (Phi) is 7.87. The highest BCUT2D eigenvalue weighted by Crippen LogP contribution is 2.30. The third-order valence-corrected chi connectivity index (χ3v) is 5.66. The number of para-hydroxylation sites is 1. The number of anilines is 1. The molecule has 3 rings (SSSR count). The van der Waals surface area contributed by atoms with Gasteiger partial charge in [-0.3, -0.25) is 25.2 Å². The molecule has 0 spiro atoms. The standard InChI is InChI=1S/C25H31N3O4/c1-4-16(3)20-8-6-7-9-22(20)32-21(5-2)25(31)28-27-24(30)18-12-14-19(15-13-18)26-23(29)17-10-11-17/h6-9,12-17,21H,4-5,10-11H2,1-3H3,(H,26,29)(H,27,30)(H,28,31). The quantitative estimate of drug-likeness (QED) is 0.513. The number of carbonyl (C=O) groups is 3. The number of hydrogen-bond acceptors (Lipinski definition) is 4. The normalized spacial score (nSPS) is 14.7. The minimum Gasteiger partial charge on any atom is -0.480 e. The summed E-state index contributed by atoms with van der Waals surface area (Å²) in [6, 6.07) is 14.2. The highest BCUT2D eigenvalue weighted by molar-refractivity contribution is 5.97. The van der Waals surface area contributed by atoms with Gasteiger partial charge in [-0.05, 0) is 67.5 Å². The van der Waals surface area contributed by atoms with Crippen molar-refractivity contribution in [3.05, 3.63) is 59.7 Å². The Labute approximate surface area is 188 Å². The first-order valence-corrected chi connectivity index (χ1v) is 11.2. The molecule has 0 saturated heterocycles. The van der Waals surface area contributed by atoms with E-state index in [4.69, 9.17) is 4.74 Å². The fourth-order valence-electron chi connectivity index (χ4n) is 3.26. The van der Waals surface area contributed by atoms with Crippen molar-refractivity contribution in [3.63, 3.8) is 0 Å². The summed E-state index contributed by atoms with van der Waals surface area (Å²) in [6.07, 6.45) is 2.53. The first kappa shape index (κ1) is 23.3. The molecule has 0 heterocycles. The van der Waals surface area contributed by atoms with Crippen LogP contribution in [0.2, 0.25) is 0 Å². The summed E-state index contributed by atoms with van der Waals surface area (Å²) in [6.45, 7) is 6.08. The number of ether oxygens (including phenoxy) is 1. The van der Waals surface area contributed by atoms with Crippen molar-refractivity contribution in [1.82, 2.24) is 10.9 Å². The second kappa shape index (κ2) is 10.8. The molecule has 3 amide bonds. The van der Waals surface area contributed by atoms with E-state index in [0.29, 0.717) is 29.3 Å². The van der Waals surface area contributed by atoms with E-state index in [1.165, 1.54) is 0 Å². The molecule has 2 unspecified atom stereocenters. The molecular weight excluding hydrogens is 406 g/mol. The predicted octanol–water partition coefficient (Wildman–Crippen LogP) is 4.17. The molecule has 1 aliphatic rings. The van der Waals surface area contributed by atoms with E-state index in [1.54, 1.807) is 24.3 Å². The van der Waals surface area contributed by atoms with Crippen molar-refractivity contribution in [1.29, 1.82) is 0 Å². The summed E-state index contributed by atoms with van der Waals surface area (Å²) in [4.78, 5) is 36.8. The van der Waals surface area contributed by atoms with Crippen molar-refractivity contribution in [3.8, 4) is 5.75 Å². The van der Waals surface area contributed by atoms with Gasteiger partial charge >= 0.3 is 0 Å². The van der Waals surface area contributed by atoms with Gasteiger partial charge in [0.1, 0.15) is 5.75 Å². The van der Waals surface area contributed by atoms with Crippen molar-refractivity contribution in [2.45, 2.75) is 58.5 Å². The van der Waals surface area contributed by atoms with Gasteiger partial charge < -0.3 is 10.1 Å². The summed E-state index contributed by atoms with van der Waals surface area (Å²) < 4.78 is 5.99. The lowest BCUT2D eigenvalue weighted by Crippen LogP contribution is -2.48. The molecule has 0 radical (unpaired) electrons. The van der Waals surface area contributed by atoms with Gasteiger partial charge in [-0.2, -0.15) is 0 Å². The van der Waals surface area contributed by atoms with Gasteiger partial charge in [0.15, 0.2) is 6.10 Å². The SMILES string of the molecule is CCC(Oc1ccccc1C(C)CC)C(=O)NNC(=O)c1ccc(NC(=O)C2CC2)cc1. The molecule has 170 valence electrons. The number of benzene rings is 2. The van der Waals surface area contributed by atoms with Gasteiger partial charge in [-0.1, -0.05) is 39.0 Å². The number of amides is 3. The first-order chi connectivity index (χ1) is 15.4. The van der Waals surface area contributed by atoms with Crippen LogP contribution in [0.15, 0.2) is 48.5 Å². The average molecular weight is 438 g/mol. The van der Waals surface area contributed by atoms with E-state index in [1.807, 2.05) is 31.2 Å². The van der Waals surface area contributed by atoms with Crippen molar-refractivity contribution in [2.75, 3.05) is 5.32 Å². The Morgan fingerprint density at radius 1 is 0.969 bits per heavy atom. The largest absolute Gasteiger partial charge is 0.480 e. The molecule has 0 aliphatic heterocycles. The molecule has 3 N–H and O–H groups in total. The van der Waals surface area contributed by atoms with E-state index in [-0.39, 0.29) is 11.8 Å². The zero-order chi connectivity index (χ0) is 23.1. The van der Waals surface area contributed by atoms with Gasteiger partial charge in [0.05, 0.1) is 0 Å². The number of carbonyl (C=O) groups excluding carboxylic acids is 3. The van der Waals surface area contributed by atoms with E-state index >= 15 is 0 Å². The van der Waals surface area contributed by atoms with E-state index in [2.05, 4.69) is 30.0 Å². The first-order valence-electron chi connectivity index (χ1n) is 11.2. The average Bonchev–Trinajstić information content (AvgIpc) is 3.66. The maximum atomic E-state index is 12.6. The predicted molar refractivity (Wildman–Crippen MR) is 123 cm³/mol. The minimum atomic E-state index is -0.736. The van der Waals surface area contributed by atoms with Gasteiger partial charge in [-0.15, -0.1) is 0 Å². The van der Waals surface area contributed by atoms with Crippen molar-refractivity contribution >= 4 is 23.4 Å². The summed E-state index contributed by atoms with van der Waals surface area (Å²) >= 11 is 0. The van der Waals surface area contributed by atoms with Crippen LogP contribution in [0.5, 0.6) is 5.75 Å². The third kappa shape index (κ3) is 6.09. The highest BCUT2D eigenvalue weighted by atomic mass is 16.5. The lowest BCUT2D eigenvalue weighted by molar-refractivity contribution is -0.129. The molecule has 1 aliphatic carbocycles. The number of rotatable bonds is 9. The number of hydrazine groups is 1. The van der Waals surface area contributed by atoms with Crippen LogP contribution in [-0.4, -0.2) is 23.8 Å². The zero-order valence-electron chi connectivity index (χ0n) is 18.8. The van der Waals surface area contributed by atoms with Crippen LogP contribution in [0.4, 0.5) is 5.69 Å². The fraction of sp³-hybridized carbons (Fsp3) is 0.400. The van der Waals surface area contributed by atoms with Gasteiger partial charge in [0, 0.05) is 17.2 Å². The van der Waals surface area contributed by atoms with E-state index in [0.717, 1.165) is 24.8 Å². The molecule has 32 heavy (non-hydrogen) atoms. The molecule has 2 atom stereocenters. The lowest BCUT2D eigenvalue weighted by Gasteiger charge is -2.21. The molecule has 7 nitrogen and oxygen atoms in total. The fourth-order valence-corrected chi connectivity index (χ4v) is 3.26. The molecular formula is C25H31N3O4. The number of hydrogen-bond donors (Lipinski definition) is 3. The molecule has 2 aromatic rings. The topological polar surface area (TPSA) is 96.5 Å². The second-order valence-corrected chi connectivity index (χ2v) is 8.15. The highest BCUT2D eigenvalue weighted by Gasteiger charge is 2.29. The lowest BCUT2D eigenvalue weighted by atomic mass is 9.98. The third-order valence-electron chi connectivity index (χ3n) is 5.66. The summed E-state index contributed by atoms with van der Waals surface area (Å²) in [5.74, 6) is 0.234. The van der Waals surface area contributed by atoms with Crippen LogP contribution in [0, 0.1) is 5.92 Å². The summed E-state index contributed by atoms with van der Waals surface area (Å²) in [7, 11) is 0. The molecule has 0 bridgehead atoms. The summed E-state index contributed by atoms with van der Waals surface area (Å²) in [5, 5.41) is 2.83. The maximum Gasteiger partial charge on any atom is 0.279 e. The van der Waals surface area contributed by atoms with E-state index in [9.17, 15) is 14.4 Å². The molecule has 1 saturated carbocycles. The Balaban J connectivity index is 1.54. The number of nitrogens with one attached hydrogen (secondary N) is 3. The van der Waals surface area contributed by atoms with Crippen LogP contribution in [0.3, 0.4) is 0 Å². The van der Waals surface area contributed by atoms with Crippen LogP contribution < -0.4 is 20.9 Å². The molecule has 1 fully saturated rings. The van der Waals surface area contributed by atoms with Gasteiger partial charge in [0.2, 0.25) is 5.91 Å². The second-order valence-electron chi connectivity index (χ2n) is 8.15. The maximum absolute atomic E-state index is 12.6. The Morgan fingerprint density at radius 2 is 1.66 bits per heavy atom. The van der Waals surface area contributed by atoms with Gasteiger partial charge in [-0.25, -0.2) is 0 Å². The van der Waals surface area contributed by atoms with Crippen LogP contribution in [-0.2, 0) is 9.59 Å². The zero-order valence-corrected chi connectivity index (χ0v) is 18.8. The van der Waals surface area contributed by atoms with E-state index < -0.39 is 17.9 Å². The Morgan fingerprint density at radius 3 is 2.28 bits per heavy atom.